The second-order valence-electron chi connectivity index (χ2n) is 9.49. The molecule has 4 aromatic rings. The van der Waals surface area contributed by atoms with Gasteiger partial charge in [-0.3, -0.25) is 9.71 Å². The minimum atomic E-state index is -3.73. The van der Waals surface area contributed by atoms with Crippen LogP contribution >= 0.6 is 0 Å². The van der Waals surface area contributed by atoms with E-state index in [0.717, 1.165) is 31.7 Å². The third-order valence-corrected chi connectivity index (χ3v) is 7.70. The van der Waals surface area contributed by atoms with E-state index in [1.807, 2.05) is 0 Å². The van der Waals surface area contributed by atoms with Crippen LogP contribution in [0.5, 0.6) is 11.5 Å². The Labute approximate surface area is 226 Å². The molecule has 39 heavy (non-hydrogen) atoms. The Hall–Kier alpha value is -4.09. The zero-order valence-electron chi connectivity index (χ0n) is 21.1. The van der Waals surface area contributed by atoms with Crippen LogP contribution in [0.4, 0.5) is 16.0 Å². The second-order valence-corrected chi connectivity index (χ2v) is 11.2. The fraction of sp³-hybridized carbons (Fsp3) is 0.250. The van der Waals surface area contributed by atoms with E-state index in [1.165, 1.54) is 18.3 Å². The van der Waals surface area contributed by atoms with Crippen LogP contribution in [0.3, 0.4) is 0 Å². The van der Waals surface area contributed by atoms with Gasteiger partial charge < -0.3 is 15.8 Å². The standard InChI is InChI=1S/C28H29FN6O3S/c29-24-16-22(35-39(36,37)18-19-4-2-1-3-5-19)10-11-27(24)38-26-13-14-31-17-23(26)25-12-15-32-28(34-25)33-21-8-6-20(30)7-9-21/h1-5,10-17,20-21,35H,6-9,18,30H2,(H,32,33,34). The van der Waals surface area contributed by atoms with E-state index in [1.54, 1.807) is 54.9 Å². The summed E-state index contributed by atoms with van der Waals surface area (Å²) in [4.78, 5) is 13.1. The smallest absolute Gasteiger partial charge is 0.236 e. The first-order chi connectivity index (χ1) is 18.8. The molecule has 0 spiro atoms. The Morgan fingerprint density at radius 1 is 0.974 bits per heavy atom. The maximum atomic E-state index is 15.0. The van der Waals surface area contributed by atoms with E-state index >= 15 is 4.39 Å². The van der Waals surface area contributed by atoms with E-state index in [0.29, 0.717) is 28.5 Å². The highest BCUT2D eigenvalue weighted by molar-refractivity contribution is 7.91. The zero-order valence-corrected chi connectivity index (χ0v) is 21.9. The summed E-state index contributed by atoms with van der Waals surface area (Å²) in [5.41, 5.74) is 7.85. The second kappa shape index (κ2) is 11.7. The molecule has 2 aromatic heterocycles. The number of benzene rings is 2. The number of nitrogens with zero attached hydrogens (tertiary/aromatic N) is 3. The van der Waals surface area contributed by atoms with E-state index in [9.17, 15) is 8.42 Å². The lowest BCUT2D eigenvalue weighted by atomic mass is 9.92. The maximum Gasteiger partial charge on any atom is 0.236 e. The summed E-state index contributed by atoms with van der Waals surface area (Å²) in [6, 6.07) is 16.5. The molecule has 0 aliphatic heterocycles. The number of pyridine rings is 1. The summed E-state index contributed by atoms with van der Waals surface area (Å²) in [5, 5.41) is 3.37. The Morgan fingerprint density at radius 3 is 2.54 bits per heavy atom. The highest BCUT2D eigenvalue weighted by atomic mass is 32.2. The molecule has 1 fully saturated rings. The monoisotopic (exact) mass is 548 g/mol. The normalized spacial score (nSPS) is 17.4. The highest BCUT2D eigenvalue weighted by Crippen LogP contribution is 2.34. The minimum absolute atomic E-state index is 0.0700. The fourth-order valence-corrected chi connectivity index (χ4v) is 5.65. The number of ether oxygens (including phenoxy) is 1. The van der Waals surface area contributed by atoms with Crippen LogP contribution in [0.1, 0.15) is 31.2 Å². The zero-order chi connectivity index (χ0) is 27.2. The van der Waals surface area contributed by atoms with Crippen molar-refractivity contribution in [2.75, 3.05) is 10.0 Å². The topological polar surface area (TPSA) is 132 Å². The van der Waals surface area contributed by atoms with Crippen molar-refractivity contribution < 1.29 is 17.5 Å². The van der Waals surface area contributed by atoms with E-state index < -0.39 is 15.8 Å². The first-order valence-electron chi connectivity index (χ1n) is 12.7. The van der Waals surface area contributed by atoms with E-state index in [2.05, 4.69) is 25.0 Å². The quantitative estimate of drug-likeness (QED) is 0.263. The third-order valence-electron chi connectivity index (χ3n) is 6.44. The van der Waals surface area contributed by atoms with Crippen LogP contribution in [0.25, 0.3) is 11.3 Å². The average Bonchev–Trinajstić information content (AvgIpc) is 2.92. The molecule has 1 aliphatic carbocycles. The molecule has 0 amide bonds. The Balaban J connectivity index is 1.30. The van der Waals surface area contributed by atoms with Crippen molar-refractivity contribution >= 4 is 21.7 Å². The minimum Gasteiger partial charge on any atom is -0.453 e. The van der Waals surface area contributed by atoms with Crippen LogP contribution in [0.2, 0.25) is 0 Å². The molecule has 0 saturated heterocycles. The number of halogens is 1. The summed E-state index contributed by atoms with van der Waals surface area (Å²) in [7, 11) is -3.73. The molecule has 4 N–H and O–H groups in total. The third kappa shape index (κ3) is 7.06. The molecule has 1 saturated carbocycles. The summed E-state index contributed by atoms with van der Waals surface area (Å²) in [6.45, 7) is 0. The summed E-state index contributed by atoms with van der Waals surface area (Å²) >= 11 is 0. The molecular weight excluding hydrogens is 519 g/mol. The number of anilines is 2. The van der Waals surface area contributed by atoms with Crippen LogP contribution in [0, 0.1) is 5.82 Å². The molecule has 202 valence electrons. The summed E-state index contributed by atoms with van der Waals surface area (Å²) in [6.07, 6.45) is 8.58. The number of rotatable bonds is 9. The van der Waals surface area contributed by atoms with Gasteiger partial charge in [-0.15, -0.1) is 0 Å². The predicted octanol–water partition coefficient (Wildman–Crippen LogP) is 5.09. The van der Waals surface area contributed by atoms with Crippen LogP contribution < -0.4 is 20.5 Å². The van der Waals surface area contributed by atoms with Crippen molar-refractivity contribution in [3.63, 3.8) is 0 Å². The number of hydrogen-bond donors (Lipinski definition) is 3. The number of aromatic nitrogens is 3. The van der Waals surface area contributed by atoms with E-state index in [-0.39, 0.29) is 29.3 Å². The van der Waals surface area contributed by atoms with Crippen molar-refractivity contribution in [1.82, 2.24) is 15.0 Å². The van der Waals surface area contributed by atoms with Gasteiger partial charge in [0, 0.05) is 36.7 Å². The molecule has 0 atom stereocenters. The molecule has 1 aliphatic rings. The molecule has 5 rings (SSSR count). The van der Waals surface area contributed by atoms with Gasteiger partial charge in [0.15, 0.2) is 11.6 Å². The van der Waals surface area contributed by atoms with Crippen molar-refractivity contribution in [3.8, 4) is 22.8 Å². The average molecular weight is 549 g/mol. The number of nitrogens with two attached hydrogens (primary N) is 1. The SMILES string of the molecule is NC1CCC(Nc2nccc(-c3cnccc3Oc3ccc(NS(=O)(=O)Cc4ccccc4)cc3F)n2)CC1. The summed E-state index contributed by atoms with van der Waals surface area (Å²) < 4.78 is 48.4. The van der Waals surface area contributed by atoms with Gasteiger partial charge in [-0.05, 0) is 55.5 Å². The Bertz CT molecular complexity index is 1530. The van der Waals surface area contributed by atoms with Gasteiger partial charge in [-0.2, -0.15) is 0 Å². The van der Waals surface area contributed by atoms with Gasteiger partial charge in [0.2, 0.25) is 16.0 Å². The largest absolute Gasteiger partial charge is 0.453 e. The molecule has 11 heteroatoms. The van der Waals surface area contributed by atoms with Crippen LogP contribution in [0.15, 0.2) is 79.3 Å². The first kappa shape index (κ1) is 26.5. The van der Waals surface area contributed by atoms with Gasteiger partial charge in [0.05, 0.1) is 22.7 Å². The molecule has 9 nitrogen and oxygen atoms in total. The number of hydrogen-bond acceptors (Lipinski definition) is 8. The number of nitrogens with one attached hydrogen (secondary N) is 2. The van der Waals surface area contributed by atoms with Crippen molar-refractivity contribution in [2.45, 2.75) is 43.5 Å². The Kier molecular flexibility index (Phi) is 7.99. The van der Waals surface area contributed by atoms with Crippen LogP contribution in [-0.4, -0.2) is 35.5 Å². The maximum absolute atomic E-state index is 15.0. The van der Waals surface area contributed by atoms with Crippen molar-refractivity contribution in [3.05, 3.63) is 90.6 Å². The van der Waals surface area contributed by atoms with Gasteiger partial charge >= 0.3 is 0 Å². The first-order valence-corrected chi connectivity index (χ1v) is 14.3. The van der Waals surface area contributed by atoms with Gasteiger partial charge in [0.25, 0.3) is 0 Å². The summed E-state index contributed by atoms with van der Waals surface area (Å²) in [5.74, 6) is -0.189. The van der Waals surface area contributed by atoms with E-state index in [4.69, 9.17) is 10.5 Å². The van der Waals surface area contributed by atoms with Crippen molar-refractivity contribution in [2.24, 2.45) is 5.73 Å². The van der Waals surface area contributed by atoms with Crippen LogP contribution in [-0.2, 0) is 15.8 Å². The number of sulfonamides is 1. The molecule has 0 bridgehead atoms. The lowest BCUT2D eigenvalue weighted by Gasteiger charge is -2.26. The highest BCUT2D eigenvalue weighted by Gasteiger charge is 2.20. The van der Waals surface area contributed by atoms with Gasteiger partial charge in [-0.1, -0.05) is 30.3 Å². The van der Waals surface area contributed by atoms with Crippen molar-refractivity contribution in [1.29, 1.82) is 0 Å². The fourth-order valence-electron chi connectivity index (χ4n) is 4.46. The molecule has 0 radical (unpaired) electrons. The molecule has 2 aromatic carbocycles. The molecular formula is C28H29FN6O3S. The van der Waals surface area contributed by atoms with Gasteiger partial charge in [-0.25, -0.2) is 22.8 Å². The molecule has 0 unspecified atom stereocenters. The Morgan fingerprint density at radius 2 is 1.77 bits per heavy atom. The lowest BCUT2D eigenvalue weighted by molar-refractivity contribution is 0.410. The van der Waals surface area contributed by atoms with Gasteiger partial charge in [0.1, 0.15) is 5.75 Å². The predicted molar refractivity (Wildman–Crippen MR) is 148 cm³/mol. The lowest BCUT2D eigenvalue weighted by Crippen LogP contribution is -2.33. The molecule has 2 heterocycles.